The minimum Gasteiger partial charge on any atom is -0.352 e. The number of benzene rings is 3. The maximum absolute atomic E-state index is 14.3. The maximum atomic E-state index is 14.3. The third-order valence-electron chi connectivity index (χ3n) is 5.30. The summed E-state index contributed by atoms with van der Waals surface area (Å²) in [6, 6.07) is 20.8. The van der Waals surface area contributed by atoms with Crippen molar-refractivity contribution >= 4 is 22.5 Å². The number of carbonyl (C=O) groups excluding carboxylic acids is 1. The lowest BCUT2D eigenvalue weighted by Crippen LogP contribution is -2.25. The minimum absolute atomic E-state index is 0.189. The van der Waals surface area contributed by atoms with Crippen LogP contribution in [0.4, 0.5) is 4.39 Å². The number of fused-ring (bicyclic) bond motifs is 3. The van der Waals surface area contributed by atoms with Crippen LogP contribution in [-0.4, -0.2) is 32.3 Å². The van der Waals surface area contributed by atoms with Gasteiger partial charge in [-0.25, -0.2) is 14.1 Å². The molecule has 2 N–H and O–H groups in total. The predicted octanol–water partition coefficient (Wildman–Crippen LogP) is 3.35. The van der Waals surface area contributed by atoms with Crippen LogP contribution in [0.25, 0.3) is 27.8 Å². The molecule has 0 unspecified atom stereocenters. The van der Waals surface area contributed by atoms with E-state index in [2.05, 4.69) is 20.6 Å². The number of rotatable bonds is 5. The molecule has 0 radical (unpaired) electrons. The molecule has 3 aromatic carbocycles. The maximum Gasteiger partial charge on any atom is 0.281 e. The van der Waals surface area contributed by atoms with Gasteiger partial charge in [-0.3, -0.25) is 9.59 Å². The highest BCUT2D eigenvalue weighted by Crippen LogP contribution is 2.25. The summed E-state index contributed by atoms with van der Waals surface area (Å²) in [5, 5.41) is 10.2. The van der Waals surface area contributed by atoms with Gasteiger partial charge in [0.1, 0.15) is 11.5 Å². The third kappa shape index (κ3) is 3.51. The summed E-state index contributed by atoms with van der Waals surface area (Å²) in [4.78, 5) is 29.4. The van der Waals surface area contributed by atoms with Crippen molar-refractivity contribution in [2.24, 2.45) is 0 Å². The lowest BCUT2D eigenvalue weighted by atomic mass is 10.1. The molecule has 0 saturated heterocycles. The summed E-state index contributed by atoms with van der Waals surface area (Å²) in [5.74, 6) is -0.725. The molecule has 2 aromatic heterocycles. The molecule has 0 aliphatic heterocycles. The number of amides is 1. The number of nitrogens with zero attached hydrogens (tertiary/aromatic N) is 3. The number of aromatic amines is 1. The van der Waals surface area contributed by atoms with E-state index in [4.69, 9.17) is 0 Å². The summed E-state index contributed by atoms with van der Waals surface area (Å²) in [6.07, 6.45) is 0.709. The zero-order valence-corrected chi connectivity index (χ0v) is 16.9. The van der Waals surface area contributed by atoms with E-state index < -0.39 is 11.4 Å². The van der Waals surface area contributed by atoms with Gasteiger partial charge < -0.3 is 5.32 Å². The van der Waals surface area contributed by atoms with Crippen molar-refractivity contribution in [2.45, 2.75) is 6.42 Å². The Morgan fingerprint density at radius 1 is 1.03 bits per heavy atom. The Morgan fingerprint density at radius 3 is 2.62 bits per heavy atom. The number of hydrogen-bond donors (Lipinski definition) is 2. The second-order valence-electron chi connectivity index (χ2n) is 7.34. The number of halogens is 1. The van der Waals surface area contributed by atoms with Gasteiger partial charge in [0, 0.05) is 17.7 Å². The first-order valence-electron chi connectivity index (χ1n) is 10.1. The van der Waals surface area contributed by atoms with Crippen molar-refractivity contribution in [1.82, 2.24) is 25.1 Å². The van der Waals surface area contributed by atoms with Gasteiger partial charge >= 0.3 is 0 Å². The van der Waals surface area contributed by atoms with Crippen LogP contribution < -0.4 is 10.9 Å². The Kier molecular flexibility index (Phi) is 4.95. The zero-order chi connectivity index (χ0) is 22.1. The van der Waals surface area contributed by atoms with Crippen molar-refractivity contribution in [3.05, 3.63) is 100 Å². The molecule has 7 nitrogen and oxygen atoms in total. The molecule has 0 aliphatic rings. The van der Waals surface area contributed by atoms with Gasteiger partial charge in [-0.1, -0.05) is 42.5 Å². The number of H-pyrrole nitrogens is 1. The molecule has 0 spiro atoms. The monoisotopic (exact) mass is 427 g/mol. The Morgan fingerprint density at radius 2 is 1.81 bits per heavy atom. The summed E-state index contributed by atoms with van der Waals surface area (Å²) in [6.45, 7) is 0.480. The highest BCUT2D eigenvalue weighted by atomic mass is 19.1. The Hall–Kier alpha value is -4.33. The van der Waals surface area contributed by atoms with Crippen LogP contribution in [0.15, 0.2) is 77.6 Å². The fourth-order valence-corrected chi connectivity index (χ4v) is 3.67. The molecular formula is C24H18FN5O2. The van der Waals surface area contributed by atoms with Crippen LogP contribution >= 0.6 is 0 Å². The molecule has 32 heavy (non-hydrogen) atoms. The molecule has 2 heterocycles. The second kappa shape index (κ2) is 8.07. The minimum atomic E-state index is -0.477. The van der Waals surface area contributed by atoms with Crippen molar-refractivity contribution in [1.29, 1.82) is 0 Å². The third-order valence-corrected chi connectivity index (χ3v) is 5.30. The summed E-state index contributed by atoms with van der Waals surface area (Å²) in [5.41, 5.74) is 2.12. The molecule has 5 aromatic rings. The van der Waals surface area contributed by atoms with Gasteiger partial charge in [-0.2, -0.15) is 10.1 Å². The van der Waals surface area contributed by atoms with Crippen LogP contribution in [0.5, 0.6) is 0 Å². The van der Waals surface area contributed by atoms with E-state index in [1.807, 2.05) is 30.3 Å². The normalized spacial score (nSPS) is 11.2. The molecule has 0 bridgehead atoms. The molecular weight excluding hydrogens is 409 g/mol. The molecule has 0 atom stereocenters. The molecule has 1 amide bonds. The average molecular weight is 427 g/mol. The van der Waals surface area contributed by atoms with E-state index in [1.165, 1.54) is 10.6 Å². The lowest BCUT2D eigenvalue weighted by molar-refractivity contribution is 0.0954. The average Bonchev–Trinajstić information content (AvgIpc) is 3.23. The van der Waals surface area contributed by atoms with Crippen LogP contribution in [0, 0.1) is 5.82 Å². The van der Waals surface area contributed by atoms with Crippen molar-refractivity contribution in [3.63, 3.8) is 0 Å². The first-order valence-corrected chi connectivity index (χ1v) is 10.1. The van der Waals surface area contributed by atoms with Gasteiger partial charge in [0.15, 0.2) is 5.65 Å². The van der Waals surface area contributed by atoms with Crippen LogP contribution in [0.1, 0.15) is 15.9 Å². The number of nitrogens with one attached hydrogen (secondary N) is 2. The topological polar surface area (TPSA) is 92.2 Å². The van der Waals surface area contributed by atoms with E-state index in [0.29, 0.717) is 29.4 Å². The van der Waals surface area contributed by atoms with E-state index in [-0.39, 0.29) is 22.8 Å². The zero-order valence-electron chi connectivity index (χ0n) is 16.9. The second-order valence-corrected chi connectivity index (χ2v) is 7.34. The lowest BCUT2D eigenvalue weighted by Gasteiger charge is -2.07. The Bertz CT molecular complexity index is 1510. The largest absolute Gasteiger partial charge is 0.352 e. The van der Waals surface area contributed by atoms with E-state index in [1.54, 1.807) is 36.4 Å². The van der Waals surface area contributed by atoms with Gasteiger partial charge in [-0.05, 0) is 42.3 Å². The van der Waals surface area contributed by atoms with Crippen LogP contribution in [0.2, 0.25) is 0 Å². The van der Waals surface area contributed by atoms with Crippen LogP contribution in [-0.2, 0) is 6.42 Å². The molecule has 0 saturated carbocycles. The Balaban J connectivity index is 1.50. The van der Waals surface area contributed by atoms with Gasteiger partial charge in [0.25, 0.3) is 11.5 Å². The van der Waals surface area contributed by atoms with Gasteiger partial charge in [0.05, 0.1) is 10.9 Å². The first-order chi connectivity index (χ1) is 15.6. The van der Waals surface area contributed by atoms with E-state index in [0.717, 1.165) is 5.56 Å². The van der Waals surface area contributed by atoms with Crippen LogP contribution in [0.3, 0.4) is 0 Å². The first kappa shape index (κ1) is 19.6. The quantitative estimate of drug-likeness (QED) is 0.450. The SMILES string of the molecule is O=C(NCCc1ccccc1)c1ccc2c(=O)nc3c(-c4ccccc4F)n[nH]n3c2c1. The van der Waals surface area contributed by atoms with Gasteiger partial charge in [0.2, 0.25) is 0 Å². The molecule has 0 aliphatic carbocycles. The molecule has 0 fully saturated rings. The van der Waals surface area contributed by atoms with E-state index in [9.17, 15) is 14.0 Å². The van der Waals surface area contributed by atoms with Crippen molar-refractivity contribution in [3.8, 4) is 11.3 Å². The predicted molar refractivity (Wildman–Crippen MR) is 119 cm³/mol. The highest BCUT2D eigenvalue weighted by molar-refractivity contribution is 5.98. The highest BCUT2D eigenvalue weighted by Gasteiger charge is 2.17. The smallest absolute Gasteiger partial charge is 0.281 e. The standard InChI is InChI=1S/C24H18FN5O2/c25-19-9-5-4-8-17(19)21-22-27-24(32)18-11-10-16(14-20(18)30(22)29-28-21)23(31)26-13-12-15-6-2-1-3-7-15/h1-11,14,29H,12-13H2,(H,26,31). The van der Waals surface area contributed by atoms with Crippen molar-refractivity contribution < 1.29 is 9.18 Å². The molecule has 5 rings (SSSR count). The van der Waals surface area contributed by atoms with E-state index >= 15 is 0 Å². The fourth-order valence-electron chi connectivity index (χ4n) is 3.67. The number of carbonyl (C=O) groups is 1. The fraction of sp³-hybridized carbons (Fsp3) is 0.0833. The van der Waals surface area contributed by atoms with Gasteiger partial charge in [-0.15, -0.1) is 0 Å². The summed E-state index contributed by atoms with van der Waals surface area (Å²) in [7, 11) is 0. The van der Waals surface area contributed by atoms with Crippen molar-refractivity contribution in [2.75, 3.05) is 6.54 Å². The molecule has 158 valence electrons. The number of aromatic nitrogens is 4. The molecule has 8 heteroatoms. The summed E-state index contributed by atoms with van der Waals surface area (Å²) < 4.78 is 15.8. The Labute approximate surface area is 181 Å². The number of hydrogen-bond acceptors (Lipinski definition) is 4. The summed E-state index contributed by atoms with van der Waals surface area (Å²) >= 11 is 0.